The maximum Gasteiger partial charge on any atom is 0.191 e. The highest BCUT2D eigenvalue weighted by atomic mass is 16.5. The zero-order chi connectivity index (χ0) is 19.2. The molecule has 3 aliphatic heterocycles. The molecule has 0 radical (unpaired) electrons. The SMILES string of the molecule is CN=C(NCC1CCOc2ccccc21)NC1CCN(CC2CCOC2)CC1. The topological polar surface area (TPSA) is 58.1 Å². The molecular formula is C22H34N4O2. The van der Waals surface area contributed by atoms with E-state index in [1.165, 1.54) is 44.5 Å². The number of piperidine rings is 1. The first-order chi connectivity index (χ1) is 13.8. The Bertz CT molecular complexity index is 652. The molecule has 0 amide bonds. The zero-order valence-electron chi connectivity index (χ0n) is 17.0. The molecule has 0 aliphatic carbocycles. The number of guanidine groups is 1. The summed E-state index contributed by atoms with van der Waals surface area (Å²) in [5.41, 5.74) is 1.31. The molecule has 6 heteroatoms. The highest BCUT2D eigenvalue weighted by molar-refractivity contribution is 5.80. The Morgan fingerprint density at radius 3 is 2.79 bits per heavy atom. The number of benzene rings is 1. The van der Waals surface area contributed by atoms with Gasteiger partial charge in [-0.25, -0.2) is 0 Å². The van der Waals surface area contributed by atoms with Crippen molar-refractivity contribution in [1.29, 1.82) is 0 Å². The minimum atomic E-state index is 0.471. The average molecular weight is 387 g/mol. The minimum absolute atomic E-state index is 0.471. The number of hydrogen-bond donors (Lipinski definition) is 2. The molecule has 2 N–H and O–H groups in total. The van der Waals surface area contributed by atoms with Crippen LogP contribution in [0.1, 0.15) is 37.2 Å². The smallest absolute Gasteiger partial charge is 0.191 e. The molecule has 1 aromatic rings. The summed E-state index contributed by atoms with van der Waals surface area (Å²) in [4.78, 5) is 7.06. The van der Waals surface area contributed by atoms with Crippen molar-refractivity contribution in [2.45, 2.75) is 37.6 Å². The second-order valence-corrected chi connectivity index (χ2v) is 8.27. The van der Waals surface area contributed by atoms with Gasteiger partial charge in [-0.15, -0.1) is 0 Å². The van der Waals surface area contributed by atoms with Gasteiger partial charge in [0.2, 0.25) is 0 Å². The molecule has 2 saturated heterocycles. The molecule has 4 rings (SSSR count). The van der Waals surface area contributed by atoms with Crippen molar-refractivity contribution in [3.8, 4) is 5.75 Å². The molecule has 2 atom stereocenters. The van der Waals surface area contributed by atoms with Crippen LogP contribution in [0.3, 0.4) is 0 Å². The molecule has 0 saturated carbocycles. The van der Waals surface area contributed by atoms with E-state index >= 15 is 0 Å². The van der Waals surface area contributed by atoms with E-state index in [2.05, 4.69) is 38.7 Å². The van der Waals surface area contributed by atoms with Crippen LogP contribution < -0.4 is 15.4 Å². The number of fused-ring (bicyclic) bond motifs is 1. The average Bonchev–Trinajstić information content (AvgIpc) is 3.25. The van der Waals surface area contributed by atoms with Crippen LogP contribution in [0.25, 0.3) is 0 Å². The van der Waals surface area contributed by atoms with E-state index in [1.807, 2.05) is 13.1 Å². The molecule has 28 heavy (non-hydrogen) atoms. The minimum Gasteiger partial charge on any atom is -0.493 e. The van der Waals surface area contributed by atoms with E-state index in [4.69, 9.17) is 9.47 Å². The van der Waals surface area contributed by atoms with Crippen LogP contribution in [0.2, 0.25) is 0 Å². The molecule has 2 unspecified atom stereocenters. The summed E-state index contributed by atoms with van der Waals surface area (Å²) in [5, 5.41) is 7.19. The zero-order valence-corrected chi connectivity index (χ0v) is 17.0. The maximum atomic E-state index is 5.78. The summed E-state index contributed by atoms with van der Waals surface area (Å²) in [6, 6.07) is 8.90. The Kier molecular flexibility index (Phi) is 6.70. The lowest BCUT2D eigenvalue weighted by Crippen LogP contribution is -2.50. The van der Waals surface area contributed by atoms with Crippen LogP contribution in [-0.4, -0.2) is 69.9 Å². The quantitative estimate of drug-likeness (QED) is 0.600. The van der Waals surface area contributed by atoms with E-state index in [-0.39, 0.29) is 0 Å². The molecule has 0 spiro atoms. The second kappa shape index (κ2) is 9.61. The highest BCUT2D eigenvalue weighted by Gasteiger charge is 2.25. The predicted molar refractivity (Wildman–Crippen MR) is 112 cm³/mol. The number of nitrogens with zero attached hydrogens (tertiary/aromatic N) is 2. The van der Waals surface area contributed by atoms with Gasteiger partial charge in [0.05, 0.1) is 13.2 Å². The van der Waals surface area contributed by atoms with Crippen molar-refractivity contribution < 1.29 is 9.47 Å². The summed E-state index contributed by atoms with van der Waals surface area (Å²) in [6.07, 6.45) is 4.62. The van der Waals surface area contributed by atoms with E-state index < -0.39 is 0 Å². The Hall–Kier alpha value is -1.79. The first kappa shape index (κ1) is 19.5. The maximum absolute atomic E-state index is 5.78. The Balaban J connectivity index is 1.21. The van der Waals surface area contributed by atoms with Gasteiger partial charge >= 0.3 is 0 Å². The van der Waals surface area contributed by atoms with Crippen LogP contribution in [0.15, 0.2) is 29.3 Å². The number of hydrogen-bond acceptors (Lipinski definition) is 4. The monoisotopic (exact) mass is 386 g/mol. The van der Waals surface area contributed by atoms with Crippen LogP contribution in [0.4, 0.5) is 0 Å². The number of para-hydroxylation sites is 1. The lowest BCUT2D eigenvalue weighted by atomic mass is 9.93. The van der Waals surface area contributed by atoms with Crippen molar-refractivity contribution in [3.05, 3.63) is 29.8 Å². The van der Waals surface area contributed by atoms with Crippen LogP contribution in [0.5, 0.6) is 5.75 Å². The van der Waals surface area contributed by atoms with Gasteiger partial charge in [-0.1, -0.05) is 18.2 Å². The molecule has 1 aromatic carbocycles. The van der Waals surface area contributed by atoms with Gasteiger partial charge < -0.3 is 25.0 Å². The lowest BCUT2D eigenvalue weighted by Gasteiger charge is -2.34. The first-order valence-corrected chi connectivity index (χ1v) is 10.8. The van der Waals surface area contributed by atoms with Crippen molar-refractivity contribution in [3.63, 3.8) is 0 Å². The third-order valence-corrected chi connectivity index (χ3v) is 6.29. The third kappa shape index (κ3) is 4.97. The van der Waals surface area contributed by atoms with Crippen molar-refractivity contribution in [2.75, 3.05) is 53.0 Å². The molecule has 6 nitrogen and oxygen atoms in total. The number of rotatable bonds is 5. The Morgan fingerprint density at radius 1 is 1.14 bits per heavy atom. The van der Waals surface area contributed by atoms with E-state index in [9.17, 15) is 0 Å². The summed E-state index contributed by atoms with van der Waals surface area (Å²) < 4.78 is 11.3. The van der Waals surface area contributed by atoms with Gasteiger partial charge in [-0.05, 0) is 43.2 Å². The number of likely N-dealkylation sites (tertiary alicyclic amines) is 1. The van der Waals surface area contributed by atoms with Gasteiger partial charge in [-0.3, -0.25) is 4.99 Å². The standard InChI is InChI=1S/C22H34N4O2/c1-23-22(24-14-18-9-13-28-21-5-3-2-4-20(18)21)25-19-6-10-26(11-7-19)15-17-8-12-27-16-17/h2-5,17-19H,6-16H2,1H3,(H2,23,24,25). The van der Waals surface area contributed by atoms with Gasteiger partial charge in [-0.2, -0.15) is 0 Å². The third-order valence-electron chi connectivity index (χ3n) is 6.29. The van der Waals surface area contributed by atoms with Gasteiger partial charge in [0.25, 0.3) is 0 Å². The molecular weight excluding hydrogens is 352 g/mol. The molecule has 0 bridgehead atoms. The summed E-state index contributed by atoms with van der Waals surface area (Å²) in [5.74, 6) is 3.16. The number of ether oxygens (including phenoxy) is 2. The lowest BCUT2D eigenvalue weighted by molar-refractivity contribution is 0.150. The van der Waals surface area contributed by atoms with E-state index in [1.54, 1.807) is 0 Å². The van der Waals surface area contributed by atoms with Gasteiger partial charge in [0, 0.05) is 51.8 Å². The molecule has 154 valence electrons. The van der Waals surface area contributed by atoms with Crippen molar-refractivity contribution in [2.24, 2.45) is 10.9 Å². The second-order valence-electron chi connectivity index (χ2n) is 8.27. The molecule has 3 aliphatic rings. The van der Waals surface area contributed by atoms with Crippen molar-refractivity contribution >= 4 is 5.96 Å². The van der Waals surface area contributed by atoms with Crippen molar-refractivity contribution in [1.82, 2.24) is 15.5 Å². The summed E-state index contributed by atoms with van der Waals surface area (Å²) >= 11 is 0. The number of aliphatic imine (C=N–C) groups is 1. The fraction of sp³-hybridized carbons (Fsp3) is 0.682. The molecule has 2 fully saturated rings. The van der Waals surface area contributed by atoms with Gasteiger partial charge in [0.1, 0.15) is 5.75 Å². The van der Waals surface area contributed by atoms with Crippen LogP contribution in [0, 0.1) is 5.92 Å². The first-order valence-electron chi connectivity index (χ1n) is 10.8. The molecule has 3 heterocycles. The normalized spacial score (nSPS) is 26.5. The fourth-order valence-corrected chi connectivity index (χ4v) is 4.59. The molecule has 0 aromatic heterocycles. The van der Waals surface area contributed by atoms with E-state index in [0.29, 0.717) is 12.0 Å². The fourth-order valence-electron chi connectivity index (χ4n) is 4.59. The predicted octanol–water partition coefficient (Wildman–Crippen LogP) is 2.22. The van der Waals surface area contributed by atoms with E-state index in [0.717, 1.165) is 50.4 Å². The summed E-state index contributed by atoms with van der Waals surface area (Å²) in [7, 11) is 1.86. The Labute approximate surface area is 168 Å². The van der Waals surface area contributed by atoms with Crippen LogP contribution >= 0.6 is 0 Å². The number of nitrogens with one attached hydrogen (secondary N) is 2. The highest BCUT2D eigenvalue weighted by Crippen LogP contribution is 2.32. The van der Waals surface area contributed by atoms with Gasteiger partial charge in [0.15, 0.2) is 5.96 Å². The van der Waals surface area contributed by atoms with Crippen LogP contribution in [-0.2, 0) is 4.74 Å². The largest absolute Gasteiger partial charge is 0.493 e. The Morgan fingerprint density at radius 2 is 2.00 bits per heavy atom. The summed E-state index contributed by atoms with van der Waals surface area (Å²) in [6.45, 7) is 7.10.